The van der Waals surface area contributed by atoms with E-state index >= 15 is 0 Å². The van der Waals surface area contributed by atoms with Crippen LogP contribution in [0.1, 0.15) is 53.9 Å². The summed E-state index contributed by atoms with van der Waals surface area (Å²) in [6, 6.07) is 0. The fraction of sp³-hybridized carbons (Fsp3) is 0.600. The predicted octanol–water partition coefficient (Wildman–Crippen LogP) is 4.42. The van der Waals surface area contributed by atoms with Crippen LogP contribution in [0, 0.1) is 23.2 Å². The third kappa shape index (κ3) is 2.07. The number of allylic oxidation sites excluding steroid dienone is 6. The largest absolute Gasteiger partial charge is 0.295 e. The minimum absolute atomic E-state index is 0.237. The van der Waals surface area contributed by atoms with Gasteiger partial charge in [-0.3, -0.25) is 9.59 Å². The molecule has 0 aromatic rings. The zero-order chi connectivity index (χ0) is 16.2. The molecule has 0 spiro atoms. The van der Waals surface area contributed by atoms with Crippen molar-refractivity contribution >= 4 is 11.6 Å². The van der Waals surface area contributed by atoms with E-state index in [-0.39, 0.29) is 28.8 Å². The summed E-state index contributed by atoms with van der Waals surface area (Å²) >= 11 is 0. The van der Waals surface area contributed by atoms with Gasteiger partial charge in [0.1, 0.15) is 0 Å². The second-order valence-electron chi connectivity index (χ2n) is 7.82. The summed E-state index contributed by atoms with van der Waals surface area (Å²) < 4.78 is 0. The minimum Gasteiger partial charge on any atom is -0.295 e. The van der Waals surface area contributed by atoms with Crippen molar-refractivity contribution < 1.29 is 9.59 Å². The molecule has 0 heterocycles. The molecule has 0 amide bonds. The zero-order valence-corrected chi connectivity index (χ0v) is 14.3. The summed E-state index contributed by atoms with van der Waals surface area (Å²) in [6.07, 6.45) is 6.45. The van der Waals surface area contributed by atoms with Gasteiger partial charge in [0.15, 0.2) is 11.6 Å². The molecule has 0 unspecified atom stereocenters. The lowest BCUT2D eigenvalue weighted by molar-refractivity contribution is -0.123. The molecule has 3 atom stereocenters. The first-order valence-corrected chi connectivity index (χ1v) is 8.41. The number of fused-ring (bicyclic) bond motifs is 2. The number of ketones is 2. The molecule has 0 fully saturated rings. The molecule has 0 radical (unpaired) electrons. The highest BCUT2D eigenvalue weighted by Gasteiger charge is 2.49. The molecule has 3 rings (SSSR count). The van der Waals surface area contributed by atoms with Crippen LogP contribution in [-0.4, -0.2) is 11.6 Å². The van der Waals surface area contributed by atoms with Crippen molar-refractivity contribution in [2.45, 2.75) is 53.9 Å². The average Bonchev–Trinajstić information content (AvgIpc) is 2.85. The summed E-state index contributed by atoms with van der Waals surface area (Å²) in [6.45, 7) is 10.6. The first kappa shape index (κ1) is 15.5. The van der Waals surface area contributed by atoms with Crippen LogP contribution in [0.5, 0.6) is 0 Å². The molecule has 0 saturated carbocycles. The van der Waals surface area contributed by atoms with Crippen LogP contribution in [0.2, 0.25) is 0 Å². The maximum Gasteiger partial charge on any atom is 0.162 e. The van der Waals surface area contributed by atoms with E-state index in [0.29, 0.717) is 12.3 Å². The van der Waals surface area contributed by atoms with Gasteiger partial charge in [0.05, 0.1) is 0 Å². The molecule has 3 aliphatic carbocycles. The summed E-state index contributed by atoms with van der Waals surface area (Å²) in [7, 11) is 0. The highest BCUT2D eigenvalue weighted by atomic mass is 16.1. The highest BCUT2D eigenvalue weighted by molar-refractivity contribution is 6.01. The van der Waals surface area contributed by atoms with Gasteiger partial charge in [-0.25, -0.2) is 0 Å². The number of hydrogen-bond acceptors (Lipinski definition) is 2. The molecular formula is C20H26O2. The fourth-order valence-electron chi connectivity index (χ4n) is 4.57. The van der Waals surface area contributed by atoms with Crippen molar-refractivity contribution in [1.82, 2.24) is 0 Å². The van der Waals surface area contributed by atoms with Crippen LogP contribution in [0.3, 0.4) is 0 Å². The van der Waals surface area contributed by atoms with E-state index < -0.39 is 0 Å². The van der Waals surface area contributed by atoms with E-state index in [4.69, 9.17) is 0 Å². The third-order valence-corrected chi connectivity index (χ3v) is 6.19. The van der Waals surface area contributed by atoms with Crippen LogP contribution in [-0.2, 0) is 9.59 Å². The van der Waals surface area contributed by atoms with E-state index in [9.17, 15) is 9.59 Å². The molecular weight excluding hydrogens is 272 g/mol. The maximum absolute atomic E-state index is 12.8. The summed E-state index contributed by atoms with van der Waals surface area (Å²) in [5.41, 5.74) is 4.36. The number of carbonyl (C=O) groups excluding carboxylic acids is 2. The van der Waals surface area contributed by atoms with Gasteiger partial charge in [-0.2, -0.15) is 0 Å². The Hall–Kier alpha value is -1.44. The Labute approximate surface area is 133 Å². The standard InChI is InChI=1S/C20H26O2/c1-11(2)14-9-19(22)20(5)10-16-13(4)18(21)8-15(16)12(3)6-7-17(14)20/h6,9,11,15,17H,7-8,10H2,1-5H3/b12-6-/t15-,17+,20-/m0/s1. The minimum atomic E-state index is -0.365. The molecule has 2 heteroatoms. The maximum atomic E-state index is 12.8. The topological polar surface area (TPSA) is 34.1 Å². The van der Waals surface area contributed by atoms with Gasteiger partial charge < -0.3 is 0 Å². The number of carbonyl (C=O) groups is 2. The molecule has 3 aliphatic rings. The molecule has 0 aromatic carbocycles. The van der Waals surface area contributed by atoms with E-state index in [0.717, 1.165) is 18.4 Å². The fourth-order valence-corrected chi connectivity index (χ4v) is 4.57. The Kier molecular flexibility index (Phi) is 3.54. The molecule has 0 aromatic heterocycles. The Morgan fingerprint density at radius 1 is 1.23 bits per heavy atom. The quantitative estimate of drug-likeness (QED) is 0.672. The van der Waals surface area contributed by atoms with Crippen LogP contribution < -0.4 is 0 Å². The highest BCUT2D eigenvalue weighted by Crippen LogP contribution is 2.53. The zero-order valence-electron chi connectivity index (χ0n) is 14.3. The molecule has 0 aliphatic heterocycles. The predicted molar refractivity (Wildman–Crippen MR) is 88.3 cm³/mol. The van der Waals surface area contributed by atoms with Gasteiger partial charge >= 0.3 is 0 Å². The Morgan fingerprint density at radius 2 is 1.91 bits per heavy atom. The smallest absolute Gasteiger partial charge is 0.162 e. The third-order valence-electron chi connectivity index (χ3n) is 6.19. The van der Waals surface area contributed by atoms with E-state index in [1.807, 2.05) is 13.0 Å². The summed E-state index contributed by atoms with van der Waals surface area (Å²) in [4.78, 5) is 24.9. The molecule has 0 bridgehead atoms. The second kappa shape index (κ2) is 5.04. The molecule has 0 saturated heterocycles. The Morgan fingerprint density at radius 3 is 2.55 bits per heavy atom. The summed E-state index contributed by atoms with van der Waals surface area (Å²) in [5, 5.41) is 0. The second-order valence-corrected chi connectivity index (χ2v) is 7.82. The van der Waals surface area contributed by atoms with Crippen LogP contribution in [0.25, 0.3) is 0 Å². The monoisotopic (exact) mass is 298 g/mol. The van der Waals surface area contributed by atoms with Crippen molar-refractivity contribution in [2.24, 2.45) is 23.2 Å². The molecule has 22 heavy (non-hydrogen) atoms. The lowest BCUT2D eigenvalue weighted by Crippen LogP contribution is -2.34. The van der Waals surface area contributed by atoms with Crippen molar-refractivity contribution in [3.63, 3.8) is 0 Å². The van der Waals surface area contributed by atoms with E-state index in [2.05, 4.69) is 33.8 Å². The van der Waals surface area contributed by atoms with Crippen LogP contribution >= 0.6 is 0 Å². The first-order valence-electron chi connectivity index (χ1n) is 8.41. The van der Waals surface area contributed by atoms with E-state index in [1.54, 1.807) is 0 Å². The molecule has 0 N–H and O–H groups in total. The lowest BCUT2D eigenvalue weighted by atomic mass is 9.66. The van der Waals surface area contributed by atoms with Crippen molar-refractivity contribution in [3.05, 3.63) is 34.4 Å². The number of Topliss-reactive ketones (excluding diaryl/α,β-unsaturated/α-hetero) is 1. The van der Waals surface area contributed by atoms with Gasteiger partial charge in [0, 0.05) is 17.8 Å². The van der Waals surface area contributed by atoms with Gasteiger partial charge in [-0.05, 0) is 50.2 Å². The SMILES string of the molecule is CC1=C2C[C@]3(C)C(=O)C=C(C(C)C)[C@H]3C/C=C(/C)[C@@H]2CC1=O. The van der Waals surface area contributed by atoms with Gasteiger partial charge in [-0.1, -0.05) is 43.6 Å². The van der Waals surface area contributed by atoms with Gasteiger partial charge in [0.25, 0.3) is 0 Å². The Bertz CT molecular complexity index is 645. The lowest BCUT2D eigenvalue weighted by Gasteiger charge is -2.37. The van der Waals surface area contributed by atoms with Crippen molar-refractivity contribution in [1.29, 1.82) is 0 Å². The normalized spacial score (nSPS) is 37.5. The van der Waals surface area contributed by atoms with E-state index in [1.165, 1.54) is 16.7 Å². The van der Waals surface area contributed by atoms with Crippen LogP contribution in [0.4, 0.5) is 0 Å². The Balaban J connectivity index is 2.10. The summed E-state index contributed by atoms with van der Waals surface area (Å²) in [5.74, 6) is 1.44. The van der Waals surface area contributed by atoms with Crippen LogP contribution in [0.15, 0.2) is 34.4 Å². The molecule has 118 valence electrons. The number of rotatable bonds is 1. The first-order chi connectivity index (χ1) is 10.3. The van der Waals surface area contributed by atoms with Gasteiger partial charge in [0.2, 0.25) is 0 Å². The van der Waals surface area contributed by atoms with Crippen molar-refractivity contribution in [3.8, 4) is 0 Å². The molecule has 2 nitrogen and oxygen atoms in total. The number of hydrogen-bond donors (Lipinski definition) is 0. The average molecular weight is 298 g/mol. The van der Waals surface area contributed by atoms with Crippen molar-refractivity contribution in [2.75, 3.05) is 0 Å². The van der Waals surface area contributed by atoms with Gasteiger partial charge in [-0.15, -0.1) is 0 Å².